The lowest BCUT2D eigenvalue weighted by Crippen LogP contribution is -2.40. The van der Waals surface area contributed by atoms with E-state index in [0.717, 1.165) is 30.3 Å². The average molecular weight is 357 g/mol. The number of hydrogen-bond acceptors (Lipinski definition) is 3. The third-order valence-electron chi connectivity index (χ3n) is 3.87. The van der Waals surface area contributed by atoms with Crippen molar-refractivity contribution >= 4 is 23.0 Å². The van der Waals surface area contributed by atoms with Crippen LogP contribution in [-0.2, 0) is 13.1 Å². The summed E-state index contributed by atoms with van der Waals surface area (Å²) in [5.74, 6) is 0.553. The molecule has 1 heterocycles. The second-order valence-corrected chi connectivity index (χ2v) is 7.24. The zero-order valence-electron chi connectivity index (χ0n) is 15.6. The van der Waals surface area contributed by atoms with Gasteiger partial charge in [0.25, 0.3) is 0 Å². The van der Waals surface area contributed by atoms with Crippen LogP contribution in [0.25, 0.3) is 0 Å². The Hall–Kier alpha value is -2.14. The first-order valence-electron chi connectivity index (χ1n) is 8.63. The third-order valence-corrected chi connectivity index (χ3v) is 4.27. The Kier molecular flexibility index (Phi) is 7.19. The normalized spacial score (nSPS) is 10.6. The second kappa shape index (κ2) is 9.37. The number of hydrogen-bond donors (Lipinski definition) is 1. The highest BCUT2D eigenvalue weighted by Gasteiger charge is 2.12. The summed E-state index contributed by atoms with van der Waals surface area (Å²) in [4.78, 5) is 8.51. The predicted molar refractivity (Wildman–Crippen MR) is 110 cm³/mol. The number of thiocarbonyl (C=S) groups is 1. The standard InChI is InChI=1S/C20H28N4S/c1-16(2)12-22-20(25)24(15-18-6-5-11-21-13-18)14-17-7-9-19(10-8-17)23(3)4/h5-11,13,16H,12,14-15H2,1-4H3,(H,22,25). The van der Waals surface area contributed by atoms with Crippen LogP contribution in [0, 0.1) is 5.92 Å². The van der Waals surface area contributed by atoms with E-state index in [2.05, 4.69) is 78.4 Å². The zero-order chi connectivity index (χ0) is 18.2. The van der Waals surface area contributed by atoms with E-state index in [4.69, 9.17) is 12.2 Å². The van der Waals surface area contributed by atoms with Crippen LogP contribution < -0.4 is 10.2 Å². The van der Waals surface area contributed by atoms with Gasteiger partial charge in [0, 0.05) is 51.8 Å². The van der Waals surface area contributed by atoms with Gasteiger partial charge in [0.1, 0.15) is 0 Å². The van der Waals surface area contributed by atoms with E-state index in [-0.39, 0.29) is 0 Å². The maximum Gasteiger partial charge on any atom is 0.169 e. The van der Waals surface area contributed by atoms with Crippen molar-refractivity contribution in [2.45, 2.75) is 26.9 Å². The Morgan fingerprint density at radius 2 is 1.76 bits per heavy atom. The van der Waals surface area contributed by atoms with E-state index in [1.165, 1.54) is 11.3 Å². The summed E-state index contributed by atoms with van der Waals surface area (Å²) in [6.07, 6.45) is 3.69. The second-order valence-electron chi connectivity index (χ2n) is 6.86. The molecule has 4 nitrogen and oxygen atoms in total. The van der Waals surface area contributed by atoms with Crippen molar-refractivity contribution in [3.8, 4) is 0 Å². The highest BCUT2D eigenvalue weighted by Crippen LogP contribution is 2.15. The summed E-state index contributed by atoms with van der Waals surface area (Å²) in [5.41, 5.74) is 3.59. The summed E-state index contributed by atoms with van der Waals surface area (Å²) < 4.78 is 0. The van der Waals surface area contributed by atoms with E-state index in [1.54, 1.807) is 6.20 Å². The molecule has 0 spiro atoms. The number of benzene rings is 1. The minimum atomic E-state index is 0.553. The summed E-state index contributed by atoms with van der Waals surface area (Å²) >= 11 is 5.65. The molecule has 0 unspecified atom stereocenters. The first-order chi connectivity index (χ1) is 12.0. The van der Waals surface area contributed by atoms with Crippen LogP contribution in [0.5, 0.6) is 0 Å². The first-order valence-corrected chi connectivity index (χ1v) is 9.04. The topological polar surface area (TPSA) is 31.4 Å². The van der Waals surface area contributed by atoms with Gasteiger partial charge in [-0.2, -0.15) is 0 Å². The van der Waals surface area contributed by atoms with Crippen molar-refractivity contribution in [1.29, 1.82) is 0 Å². The first kappa shape index (κ1) is 19.2. The molecule has 1 N–H and O–H groups in total. The number of pyridine rings is 1. The van der Waals surface area contributed by atoms with Crippen LogP contribution in [0.3, 0.4) is 0 Å². The molecule has 0 aliphatic rings. The largest absolute Gasteiger partial charge is 0.378 e. The molecule has 134 valence electrons. The SMILES string of the molecule is CC(C)CNC(=S)N(Cc1ccc(N(C)C)cc1)Cc1cccnc1. The minimum absolute atomic E-state index is 0.553. The fourth-order valence-corrected chi connectivity index (χ4v) is 2.65. The smallest absolute Gasteiger partial charge is 0.169 e. The summed E-state index contributed by atoms with van der Waals surface area (Å²) in [5, 5.41) is 4.17. The average Bonchev–Trinajstić information content (AvgIpc) is 2.60. The molecule has 1 aromatic heterocycles. The van der Waals surface area contributed by atoms with Gasteiger partial charge in [-0.15, -0.1) is 0 Å². The van der Waals surface area contributed by atoms with Gasteiger partial charge in [-0.25, -0.2) is 0 Å². The van der Waals surface area contributed by atoms with Crippen molar-refractivity contribution in [2.75, 3.05) is 25.5 Å². The molecule has 1 aromatic carbocycles. The molecule has 0 amide bonds. The maximum absolute atomic E-state index is 5.65. The van der Waals surface area contributed by atoms with Crippen molar-refractivity contribution < 1.29 is 0 Å². The molecule has 5 heteroatoms. The van der Waals surface area contributed by atoms with Gasteiger partial charge in [0.15, 0.2) is 5.11 Å². The predicted octanol–water partition coefficient (Wildman–Crippen LogP) is 3.68. The molecule has 0 saturated carbocycles. The Labute approximate surface area is 156 Å². The Morgan fingerprint density at radius 1 is 1.08 bits per heavy atom. The molecule has 0 radical (unpaired) electrons. The summed E-state index contributed by atoms with van der Waals surface area (Å²) in [7, 11) is 4.10. The monoisotopic (exact) mass is 356 g/mol. The van der Waals surface area contributed by atoms with E-state index < -0.39 is 0 Å². The molecule has 0 saturated heterocycles. The lowest BCUT2D eigenvalue weighted by Gasteiger charge is -2.27. The lowest BCUT2D eigenvalue weighted by atomic mass is 10.1. The van der Waals surface area contributed by atoms with Crippen LogP contribution in [0.1, 0.15) is 25.0 Å². The van der Waals surface area contributed by atoms with E-state index in [9.17, 15) is 0 Å². The Balaban J connectivity index is 2.11. The molecule has 25 heavy (non-hydrogen) atoms. The minimum Gasteiger partial charge on any atom is -0.378 e. The van der Waals surface area contributed by atoms with Gasteiger partial charge in [-0.05, 0) is 47.5 Å². The number of aromatic nitrogens is 1. The zero-order valence-corrected chi connectivity index (χ0v) is 16.4. The van der Waals surface area contributed by atoms with Crippen LogP contribution in [0.2, 0.25) is 0 Å². The van der Waals surface area contributed by atoms with E-state index >= 15 is 0 Å². The number of nitrogens with zero attached hydrogens (tertiary/aromatic N) is 3. The molecule has 2 rings (SSSR count). The number of rotatable bonds is 7. The Morgan fingerprint density at radius 3 is 2.32 bits per heavy atom. The molecule has 0 aliphatic heterocycles. The summed E-state index contributed by atoms with van der Waals surface area (Å²) in [6, 6.07) is 12.7. The number of anilines is 1. The van der Waals surface area contributed by atoms with Crippen molar-refractivity contribution in [1.82, 2.24) is 15.2 Å². The van der Waals surface area contributed by atoms with Crippen molar-refractivity contribution in [3.63, 3.8) is 0 Å². The fraction of sp³-hybridized carbons (Fsp3) is 0.400. The summed E-state index contributed by atoms with van der Waals surface area (Å²) in [6.45, 7) is 6.75. The number of nitrogens with one attached hydrogen (secondary N) is 1. The van der Waals surface area contributed by atoms with Crippen LogP contribution in [-0.4, -0.2) is 35.6 Å². The van der Waals surface area contributed by atoms with Gasteiger partial charge in [0.2, 0.25) is 0 Å². The maximum atomic E-state index is 5.65. The van der Waals surface area contributed by atoms with Gasteiger partial charge < -0.3 is 15.1 Å². The van der Waals surface area contributed by atoms with Gasteiger partial charge in [-0.3, -0.25) is 4.98 Å². The highest BCUT2D eigenvalue weighted by atomic mass is 32.1. The van der Waals surface area contributed by atoms with Crippen LogP contribution >= 0.6 is 12.2 Å². The Bertz CT molecular complexity index is 653. The van der Waals surface area contributed by atoms with Gasteiger partial charge in [-0.1, -0.05) is 32.0 Å². The van der Waals surface area contributed by atoms with Gasteiger partial charge in [0.05, 0.1) is 0 Å². The molecule has 0 aliphatic carbocycles. The lowest BCUT2D eigenvalue weighted by molar-refractivity contribution is 0.395. The van der Waals surface area contributed by atoms with E-state index in [1.807, 2.05) is 12.3 Å². The van der Waals surface area contributed by atoms with Gasteiger partial charge >= 0.3 is 0 Å². The molecule has 0 fully saturated rings. The molecular weight excluding hydrogens is 328 g/mol. The molecular formula is C20H28N4S. The fourth-order valence-electron chi connectivity index (χ4n) is 2.43. The molecule has 2 aromatic rings. The quantitative estimate of drug-likeness (QED) is 0.765. The van der Waals surface area contributed by atoms with Crippen molar-refractivity contribution in [3.05, 3.63) is 59.9 Å². The highest BCUT2D eigenvalue weighted by molar-refractivity contribution is 7.80. The van der Waals surface area contributed by atoms with Crippen LogP contribution in [0.4, 0.5) is 5.69 Å². The molecule has 0 bridgehead atoms. The van der Waals surface area contributed by atoms with E-state index in [0.29, 0.717) is 5.92 Å². The third kappa shape index (κ3) is 6.35. The van der Waals surface area contributed by atoms with Crippen LogP contribution in [0.15, 0.2) is 48.8 Å². The molecule has 0 atom stereocenters. The van der Waals surface area contributed by atoms with Crippen molar-refractivity contribution in [2.24, 2.45) is 5.92 Å².